The summed E-state index contributed by atoms with van der Waals surface area (Å²) in [5.74, 6) is 0. The molecule has 0 saturated carbocycles. The lowest BCUT2D eigenvalue weighted by Crippen LogP contribution is -2.16. The van der Waals surface area contributed by atoms with Gasteiger partial charge < -0.3 is 5.32 Å². The summed E-state index contributed by atoms with van der Waals surface area (Å²) in [7, 11) is 1.99. The number of alkyl halides is 1. The van der Waals surface area contributed by atoms with Gasteiger partial charge in [0.15, 0.2) is 0 Å². The molecule has 1 N–H and O–H groups in total. The molecular formula is C11H20BrN3. The number of hydrogen-bond acceptors (Lipinski definition) is 2. The van der Waals surface area contributed by atoms with Gasteiger partial charge in [-0.05, 0) is 32.4 Å². The largest absolute Gasteiger partial charge is 0.311 e. The normalized spacial score (nSPS) is 10.9. The van der Waals surface area contributed by atoms with Crippen molar-refractivity contribution in [2.45, 2.75) is 32.7 Å². The van der Waals surface area contributed by atoms with Crippen LogP contribution >= 0.6 is 15.9 Å². The first-order valence-electron chi connectivity index (χ1n) is 5.50. The first kappa shape index (κ1) is 12.7. The summed E-state index contributed by atoms with van der Waals surface area (Å²) in [6, 6.07) is 2.13. The molecule has 86 valence electrons. The summed E-state index contributed by atoms with van der Waals surface area (Å²) in [6.07, 6.45) is 3.82. The van der Waals surface area contributed by atoms with E-state index in [2.05, 4.69) is 32.4 Å². The molecule has 3 nitrogen and oxygen atoms in total. The van der Waals surface area contributed by atoms with Crippen LogP contribution in [0.1, 0.15) is 30.7 Å². The molecule has 0 aliphatic heterocycles. The molecule has 1 aromatic rings. The molecule has 4 heteroatoms. The van der Waals surface area contributed by atoms with E-state index in [9.17, 15) is 0 Å². The second-order valence-electron chi connectivity index (χ2n) is 3.83. The predicted octanol–water partition coefficient (Wildman–Crippen LogP) is 2.38. The van der Waals surface area contributed by atoms with Gasteiger partial charge in [-0.1, -0.05) is 22.4 Å². The van der Waals surface area contributed by atoms with Crippen molar-refractivity contribution in [2.75, 3.05) is 11.9 Å². The maximum absolute atomic E-state index is 4.31. The van der Waals surface area contributed by atoms with E-state index >= 15 is 0 Å². The van der Waals surface area contributed by atoms with E-state index < -0.39 is 0 Å². The third-order valence-corrected chi connectivity index (χ3v) is 2.95. The predicted molar refractivity (Wildman–Crippen MR) is 67.3 cm³/mol. The van der Waals surface area contributed by atoms with Crippen LogP contribution in [0.15, 0.2) is 6.07 Å². The number of aryl methyl sites for hydroxylation is 2. The molecule has 15 heavy (non-hydrogen) atoms. The third kappa shape index (κ3) is 4.80. The molecule has 0 aromatic carbocycles. The Labute approximate surface area is 100 Å². The highest BCUT2D eigenvalue weighted by Gasteiger charge is 2.00. The van der Waals surface area contributed by atoms with E-state index in [0.29, 0.717) is 0 Å². The average molecular weight is 274 g/mol. The Kier molecular flexibility index (Phi) is 5.95. The summed E-state index contributed by atoms with van der Waals surface area (Å²) in [5.41, 5.74) is 2.35. The average Bonchev–Trinajstić information content (AvgIpc) is 2.51. The zero-order valence-electron chi connectivity index (χ0n) is 9.59. The first-order valence-corrected chi connectivity index (χ1v) is 6.62. The van der Waals surface area contributed by atoms with Crippen LogP contribution < -0.4 is 5.32 Å². The molecule has 1 heterocycles. The topological polar surface area (TPSA) is 29.9 Å². The molecule has 0 bridgehead atoms. The van der Waals surface area contributed by atoms with Gasteiger partial charge in [-0.25, -0.2) is 0 Å². The zero-order chi connectivity index (χ0) is 11.1. The van der Waals surface area contributed by atoms with Crippen molar-refractivity contribution >= 4 is 15.9 Å². The van der Waals surface area contributed by atoms with Gasteiger partial charge in [0.2, 0.25) is 0 Å². The number of hydrogen-bond donors (Lipinski definition) is 1. The highest BCUT2D eigenvalue weighted by molar-refractivity contribution is 9.09. The fraction of sp³-hybridized carbons (Fsp3) is 0.727. The number of unbranched alkanes of at least 4 members (excludes halogenated alkanes) is 2. The fourth-order valence-electron chi connectivity index (χ4n) is 1.57. The molecule has 0 unspecified atom stereocenters. The van der Waals surface area contributed by atoms with Crippen LogP contribution in [0.2, 0.25) is 0 Å². The van der Waals surface area contributed by atoms with Gasteiger partial charge in [0.1, 0.15) is 0 Å². The van der Waals surface area contributed by atoms with Crippen molar-refractivity contribution < 1.29 is 0 Å². The van der Waals surface area contributed by atoms with Crippen LogP contribution in [0.3, 0.4) is 0 Å². The number of halogens is 1. The lowest BCUT2D eigenvalue weighted by atomic mass is 10.2. The highest BCUT2D eigenvalue weighted by atomic mass is 79.9. The second kappa shape index (κ2) is 7.01. The molecular weight excluding hydrogens is 254 g/mol. The molecule has 1 rings (SSSR count). The van der Waals surface area contributed by atoms with Crippen molar-refractivity contribution in [2.24, 2.45) is 7.05 Å². The highest BCUT2D eigenvalue weighted by Crippen LogP contribution is 2.01. The lowest BCUT2D eigenvalue weighted by molar-refractivity contribution is 0.589. The Balaban J connectivity index is 2.12. The van der Waals surface area contributed by atoms with Gasteiger partial charge in [-0.2, -0.15) is 5.10 Å². The van der Waals surface area contributed by atoms with Gasteiger partial charge in [0, 0.05) is 18.9 Å². The van der Waals surface area contributed by atoms with E-state index in [0.717, 1.165) is 24.1 Å². The maximum Gasteiger partial charge on any atom is 0.0597 e. The molecule has 0 radical (unpaired) electrons. The second-order valence-corrected chi connectivity index (χ2v) is 4.62. The Hall–Kier alpha value is -0.350. The molecule has 1 aromatic heterocycles. The SMILES string of the molecule is Cc1cc(CNCCCCCBr)n(C)n1. The van der Waals surface area contributed by atoms with E-state index in [-0.39, 0.29) is 0 Å². The van der Waals surface area contributed by atoms with Crippen LogP contribution in [0, 0.1) is 6.92 Å². The van der Waals surface area contributed by atoms with Crippen LogP contribution in [0.5, 0.6) is 0 Å². The van der Waals surface area contributed by atoms with Crippen LogP contribution in [-0.2, 0) is 13.6 Å². The number of nitrogens with one attached hydrogen (secondary N) is 1. The van der Waals surface area contributed by atoms with Gasteiger partial charge in [-0.15, -0.1) is 0 Å². The lowest BCUT2D eigenvalue weighted by Gasteiger charge is -2.04. The smallest absolute Gasteiger partial charge is 0.0597 e. The minimum atomic E-state index is 0.922. The molecule has 0 aliphatic rings. The van der Waals surface area contributed by atoms with Gasteiger partial charge in [0.05, 0.1) is 11.4 Å². The van der Waals surface area contributed by atoms with Gasteiger partial charge in [-0.3, -0.25) is 4.68 Å². The Morgan fingerprint density at radius 2 is 2.20 bits per heavy atom. The van der Waals surface area contributed by atoms with E-state index in [1.54, 1.807) is 0 Å². The Morgan fingerprint density at radius 3 is 2.80 bits per heavy atom. The van der Waals surface area contributed by atoms with E-state index in [1.165, 1.54) is 25.0 Å². The van der Waals surface area contributed by atoms with Crippen molar-refractivity contribution in [3.63, 3.8) is 0 Å². The van der Waals surface area contributed by atoms with E-state index in [4.69, 9.17) is 0 Å². The summed E-state index contributed by atoms with van der Waals surface area (Å²) in [6.45, 7) is 4.04. The molecule has 0 saturated heterocycles. The van der Waals surface area contributed by atoms with Crippen LogP contribution in [0.4, 0.5) is 0 Å². The van der Waals surface area contributed by atoms with Gasteiger partial charge >= 0.3 is 0 Å². The first-order chi connectivity index (χ1) is 7.24. The molecule has 0 aliphatic carbocycles. The molecule has 0 amide bonds. The van der Waals surface area contributed by atoms with Crippen molar-refractivity contribution in [3.05, 3.63) is 17.5 Å². The monoisotopic (exact) mass is 273 g/mol. The van der Waals surface area contributed by atoms with Crippen molar-refractivity contribution in [1.29, 1.82) is 0 Å². The number of nitrogens with zero attached hydrogens (tertiary/aromatic N) is 2. The summed E-state index contributed by atoms with van der Waals surface area (Å²) < 4.78 is 1.95. The van der Waals surface area contributed by atoms with Crippen molar-refractivity contribution in [3.8, 4) is 0 Å². The van der Waals surface area contributed by atoms with Gasteiger partial charge in [0.25, 0.3) is 0 Å². The van der Waals surface area contributed by atoms with Crippen LogP contribution in [0.25, 0.3) is 0 Å². The molecule has 0 spiro atoms. The fourth-order valence-corrected chi connectivity index (χ4v) is 1.96. The van der Waals surface area contributed by atoms with Crippen molar-refractivity contribution in [1.82, 2.24) is 15.1 Å². The number of aromatic nitrogens is 2. The third-order valence-electron chi connectivity index (χ3n) is 2.39. The molecule has 0 atom stereocenters. The number of rotatable bonds is 7. The quantitative estimate of drug-likeness (QED) is 0.611. The Bertz CT molecular complexity index is 283. The minimum Gasteiger partial charge on any atom is -0.311 e. The minimum absolute atomic E-state index is 0.922. The summed E-state index contributed by atoms with van der Waals surface area (Å²) >= 11 is 3.44. The summed E-state index contributed by atoms with van der Waals surface area (Å²) in [5, 5.41) is 8.87. The summed E-state index contributed by atoms with van der Waals surface area (Å²) in [4.78, 5) is 0. The van der Waals surface area contributed by atoms with E-state index in [1.807, 2.05) is 18.7 Å². The standard InChI is InChI=1S/C11H20BrN3/c1-10-8-11(15(2)14-10)9-13-7-5-3-4-6-12/h8,13H,3-7,9H2,1-2H3. The Morgan fingerprint density at radius 1 is 1.40 bits per heavy atom. The zero-order valence-corrected chi connectivity index (χ0v) is 11.2. The van der Waals surface area contributed by atoms with Crippen LogP contribution in [-0.4, -0.2) is 21.7 Å². The molecule has 0 fully saturated rings. The maximum atomic E-state index is 4.31.